The number of benzene rings is 1. The third-order valence-corrected chi connectivity index (χ3v) is 3.66. The Hall–Kier alpha value is -1.55. The number of aryl methyl sites for hydroxylation is 1. The van der Waals surface area contributed by atoms with E-state index in [1.807, 2.05) is 37.3 Å². The Bertz CT molecular complexity index is 638. The standard InChI is InChI=1S/C14H12BrNO2/c1-9-6-10(8-17-9)11(15)7-14-16-12-4-2-3-5-13(12)18-14/h2-6,8,11H,7H2,1H3. The molecule has 1 unspecified atom stereocenters. The highest BCUT2D eigenvalue weighted by molar-refractivity contribution is 9.09. The average molecular weight is 306 g/mol. The van der Waals surface area contributed by atoms with Crippen LogP contribution in [0.1, 0.15) is 22.0 Å². The van der Waals surface area contributed by atoms with Crippen LogP contribution in [0, 0.1) is 6.92 Å². The molecule has 92 valence electrons. The van der Waals surface area contributed by atoms with Crippen molar-refractivity contribution in [1.82, 2.24) is 4.98 Å². The summed E-state index contributed by atoms with van der Waals surface area (Å²) in [6.45, 7) is 1.93. The van der Waals surface area contributed by atoms with E-state index in [1.54, 1.807) is 6.26 Å². The number of hydrogen-bond acceptors (Lipinski definition) is 3. The molecule has 3 nitrogen and oxygen atoms in total. The molecule has 3 aromatic rings. The van der Waals surface area contributed by atoms with Crippen LogP contribution in [0.3, 0.4) is 0 Å². The minimum absolute atomic E-state index is 0.156. The maximum absolute atomic E-state index is 5.70. The molecule has 0 spiro atoms. The van der Waals surface area contributed by atoms with Gasteiger partial charge in [-0.3, -0.25) is 0 Å². The number of alkyl halides is 1. The van der Waals surface area contributed by atoms with Gasteiger partial charge in [0.1, 0.15) is 11.3 Å². The van der Waals surface area contributed by atoms with E-state index in [2.05, 4.69) is 20.9 Å². The molecule has 0 aliphatic heterocycles. The molecule has 1 atom stereocenters. The number of halogens is 1. The van der Waals surface area contributed by atoms with Crippen molar-refractivity contribution in [3.05, 3.63) is 53.8 Å². The number of rotatable bonds is 3. The fourth-order valence-electron chi connectivity index (χ4n) is 1.91. The van der Waals surface area contributed by atoms with Crippen LogP contribution < -0.4 is 0 Å². The summed E-state index contributed by atoms with van der Waals surface area (Å²) >= 11 is 3.63. The summed E-state index contributed by atoms with van der Waals surface area (Å²) in [4.78, 5) is 4.61. The number of nitrogens with zero attached hydrogens (tertiary/aromatic N) is 1. The van der Waals surface area contributed by atoms with Gasteiger partial charge in [-0.2, -0.15) is 0 Å². The number of furan rings is 1. The molecule has 0 radical (unpaired) electrons. The van der Waals surface area contributed by atoms with Gasteiger partial charge in [0.05, 0.1) is 11.1 Å². The monoisotopic (exact) mass is 305 g/mol. The first-order valence-corrected chi connectivity index (χ1v) is 6.67. The lowest BCUT2D eigenvalue weighted by molar-refractivity contribution is 0.520. The third-order valence-electron chi connectivity index (χ3n) is 2.80. The summed E-state index contributed by atoms with van der Waals surface area (Å²) in [6.07, 6.45) is 2.46. The van der Waals surface area contributed by atoms with Crippen molar-refractivity contribution in [2.75, 3.05) is 0 Å². The van der Waals surface area contributed by atoms with Crippen LogP contribution in [0.4, 0.5) is 0 Å². The average Bonchev–Trinajstić information content (AvgIpc) is 2.94. The first kappa shape index (κ1) is 11.5. The summed E-state index contributed by atoms with van der Waals surface area (Å²) in [5.74, 6) is 1.64. The molecule has 18 heavy (non-hydrogen) atoms. The summed E-state index contributed by atoms with van der Waals surface area (Å²) in [6, 6.07) is 9.80. The fraction of sp³-hybridized carbons (Fsp3) is 0.214. The lowest BCUT2D eigenvalue weighted by Gasteiger charge is -2.02. The van der Waals surface area contributed by atoms with Gasteiger partial charge in [0.15, 0.2) is 11.5 Å². The molecule has 4 heteroatoms. The highest BCUT2D eigenvalue weighted by atomic mass is 79.9. The first-order valence-electron chi connectivity index (χ1n) is 5.76. The van der Waals surface area contributed by atoms with Gasteiger partial charge >= 0.3 is 0 Å². The SMILES string of the molecule is Cc1cc(C(Br)Cc2nc3ccccc3o2)co1. The second kappa shape index (κ2) is 4.61. The topological polar surface area (TPSA) is 39.2 Å². The molecule has 1 aromatic carbocycles. The van der Waals surface area contributed by atoms with Crippen LogP contribution in [-0.4, -0.2) is 4.98 Å². The predicted molar refractivity (Wildman–Crippen MR) is 72.8 cm³/mol. The van der Waals surface area contributed by atoms with Crippen molar-refractivity contribution in [2.45, 2.75) is 18.2 Å². The van der Waals surface area contributed by atoms with E-state index >= 15 is 0 Å². The van der Waals surface area contributed by atoms with Crippen LogP contribution in [0.15, 0.2) is 45.4 Å². The Balaban J connectivity index is 1.83. The Morgan fingerprint density at radius 2 is 2.17 bits per heavy atom. The molecule has 0 saturated heterocycles. The van der Waals surface area contributed by atoms with Gasteiger partial charge in [0.2, 0.25) is 0 Å². The van der Waals surface area contributed by atoms with Gasteiger partial charge in [-0.1, -0.05) is 28.1 Å². The molecule has 0 amide bonds. The molecule has 0 saturated carbocycles. The van der Waals surface area contributed by atoms with Gasteiger partial charge in [0, 0.05) is 12.0 Å². The molecule has 2 heterocycles. The highest BCUT2D eigenvalue weighted by Crippen LogP contribution is 2.29. The van der Waals surface area contributed by atoms with Crippen molar-refractivity contribution in [3.8, 4) is 0 Å². The number of hydrogen-bond donors (Lipinski definition) is 0. The lowest BCUT2D eigenvalue weighted by Crippen LogP contribution is -1.93. The molecule has 0 N–H and O–H groups in total. The van der Waals surface area contributed by atoms with E-state index in [4.69, 9.17) is 8.83 Å². The third kappa shape index (κ3) is 2.20. The van der Waals surface area contributed by atoms with Gasteiger partial charge in [-0.05, 0) is 25.1 Å². The predicted octanol–water partition coefficient (Wildman–Crippen LogP) is 4.41. The van der Waals surface area contributed by atoms with E-state index < -0.39 is 0 Å². The van der Waals surface area contributed by atoms with Crippen LogP contribution in [-0.2, 0) is 6.42 Å². The van der Waals surface area contributed by atoms with Crippen LogP contribution in [0.5, 0.6) is 0 Å². The number of para-hydroxylation sites is 2. The molecule has 0 aliphatic rings. The van der Waals surface area contributed by atoms with E-state index in [9.17, 15) is 0 Å². The minimum Gasteiger partial charge on any atom is -0.469 e. The van der Waals surface area contributed by atoms with Crippen molar-refractivity contribution in [2.24, 2.45) is 0 Å². The Morgan fingerprint density at radius 3 is 2.89 bits per heavy atom. The maximum Gasteiger partial charge on any atom is 0.196 e. The molecular weight excluding hydrogens is 294 g/mol. The lowest BCUT2D eigenvalue weighted by atomic mass is 10.2. The quantitative estimate of drug-likeness (QED) is 0.673. The summed E-state index contributed by atoms with van der Waals surface area (Å²) in [7, 11) is 0. The second-order valence-corrected chi connectivity index (χ2v) is 5.34. The molecular formula is C14H12BrNO2. The number of oxazole rings is 1. The summed E-state index contributed by atoms with van der Waals surface area (Å²) in [5.41, 5.74) is 2.83. The number of fused-ring (bicyclic) bond motifs is 1. The Morgan fingerprint density at radius 1 is 1.33 bits per heavy atom. The van der Waals surface area contributed by atoms with Crippen molar-refractivity contribution in [3.63, 3.8) is 0 Å². The zero-order chi connectivity index (χ0) is 12.5. The molecule has 3 rings (SSSR count). The second-order valence-electron chi connectivity index (χ2n) is 4.24. The zero-order valence-corrected chi connectivity index (χ0v) is 11.5. The smallest absolute Gasteiger partial charge is 0.196 e. The Labute approximate surface area is 113 Å². The van der Waals surface area contributed by atoms with Crippen LogP contribution in [0.25, 0.3) is 11.1 Å². The van der Waals surface area contributed by atoms with E-state index in [0.29, 0.717) is 6.42 Å². The molecule has 0 bridgehead atoms. The maximum atomic E-state index is 5.70. The largest absolute Gasteiger partial charge is 0.469 e. The molecule has 0 fully saturated rings. The van der Waals surface area contributed by atoms with Gasteiger partial charge in [0.25, 0.3) is 0 Å². The normalized spacial score (nSPS) is 13.0. The highest BCUT2D eigenvalue weighted by Gasteiger charge is 2.14. The van der Waals surface area contributed by atoms with Crippen molar-refractivity contribution < 1.29 is 8.83 Å². The van der Waals surface area contributed by atoms with Gasteiger partial charge in [-0.25, -0.2) is 4.98 Å². The minimum atomic E-state index is 0.156. The summed E-state index contributed by atoms with van der Waals surface area (Å²) < 4.78 is 11.0. The summed E-state index contributed by atoms with van der Waals surface area (Å²) in [5, 5.41) is 0. The van der Waals surface area contributed by atoms with Crippen molar-refractivity contribution >= 4 is 27.0 Å². The van der Waals surface area contributed by atoms with E-state index in [-0.39, 0.29) is 4.83 Å². The van der Waals surface area contributed by atoms with Crippen molar-refractivity contribution in [1.29, 1.82) is 0 Å². The fourth-order valence-corrected chi connectivity index (χ4v) is 2.42. The first-order chi connectivity index (χ1) is 8.72. The number of aromatic nitrogens is 1. The molecule has 0 aliphatic carbocycles. The van der Waals surface area contributed by atoms with E-state index in [1.165, 1.54) is 0 Å². The zero-order valence-electron chi connectivity index (χ0n) is 9.89. The van der Waals surface area contributed by atoms with Gasteiger partial charge in [-0.15, -0.1) is 0 Å². The van der Waals surface area contributed by atoms with E-state index in [0.717, 1.165) is 28.3 Å². The molecule has 2 aromatic heterocycles. The van der Waals surface area contributed by atoms with Crippen LogP contribution >= 0.6 is 15.9 Å². The van der Waals surface area contributed by atoms with Gasteiger partial charge < -0.3 is 8.83 Å². The van der Waals surface area contributed by atoms with Crippen LogP contribution in [0.2, 0.25) is 0 Å². The Kier molecular flexibility index (Phi) is 2.96.